The summed E-state index contributed by atoms with van der Waals surface area (Å²) in [5.74, 6) is -0.284. The van der Waals surface area contributed by atoms with Crippen LogP contribution in [0.25, 0.3) is 0 Å². The van der Waals surface area contributed by atoms with Crippen LogP contribution in [0.2, 0.25) is 0 Å². The Bertz CT molecular complexity index is 820. The average molecular weight is 341 g/mol. The van der Waals surface area contributed by atoms with E-state index >= 15 is 0 Å². The number of aromatic nitrogens is 1. The molecule has 2 aromatic heterocycles. The molecule has 0 N–H and O–H groups in total. The van der Waals surface area contributed by atoms with Gasteiger partial charge in [-0.05, 0) is 38.5 Å². The van der Waals surface area contributed by atoms with E-state index < -0.39 is 0 Å². The SMILES string of the molecule is CCN(CC)C(=O)c1sc2c(c1C)C(=O)N=C(c1ccccn1)C2. The number of carbonyl (C=O) groups is 2. The number of thiophene rings is 1. The number of aliphatic imine (C=N–C) groups is 1. The lowest BCUT2D eigenvalue weighted by Gasteiger charge is -2.18. The second kappa shape index (κ2) is 6.65. The van der Waals surface area contributed by atoms with Crippen LogP contribution in [0.4, 0.5) is 0 Å². The van der Waals surface area contributed by atoms with E-state index in [1.807, 2.05) is 39.0 Å². The first-order valence-electron chi connectivity index (χ1n) is 8.01. The predicted octanol–water partition coefficient (Wildman–Crippen LogP) is 3.12. The van der Waals surface area contributed by atoms with E-state index in [2.05, 4.69) is 9.98 Å². The summed E-state index contributed by atoms with van der Waals surface area (Å²) in [5.41, 5.74) is 2.71. The molecule has 2 amide bonds. The fourth-order valence-electron chi connectivity index (χ4n) is 2.89. The zero-order valence-electron chi connectivity index (χ0n) is 14.0. The largest absolute Gasteiger partial charge is 0.339 e. The Morgan fingerprint density at radius 1 is 1.29 bits per heavy atom. The van der Waals surface area contributed by atoms with Gasteiger partial charge in [0.2, 0.25) is 0 Å². The van der Waals surface area contributed by atoms with Crippen LogP contribution in [0.5, 0.6) is 0 Å². The van der Waals surface area contributed by atoms with E-state index in [-0.39, 0.29) is 11.8 Å². The molecule has 1 aliphatic heterocycles. The summed E-state index contributed by atoms with van der Waals surface area (Å²) in [7, 11) is 0. The van der Waals surface area contributed by atoms with Crippen molar-refractivity contribution in [3.05, 3.63) is 51.0 Å². The molecule has 124 valence electrons. The van der Waals surface area contributed by atoms with Crippen LogP contribution >= 0.6 is 11.3 Å². The summed E-state index contributed by atoms with van der Waals surface area (Å²) >= 11 is 1.41. The zero-order valence-corrected chi connectivity index (χ0v) is 14.8. The van der Waals surface area contributed by atoms with Crippen molar-refractivity contribution in [1.29, 1.82) is 0 Å². The minimum absolute atomic E-state index is 0.0101. The second-order valence-corrected chi connectivity index (χ2v) is 6.69. The van der Waals surface area contributed by atoms with Gasteiger partial charge in [-0.15, -0.1) is 11.3 Å². The molecule has 0 saturated carbocycles. The Morgan fingerprint density at radius 3 is 2.67 bits per heavy atom. The second-order valence-electron chi connectivity index (χ2n) is 5.59. The van der Waals surface area contributed by atoms with Crippen molar-refractivity contribution in [2.24, 2.45) is 4.99 Å². The van der Waals surface area contributed by atoms with Gasteiger partial charge >= 0.3 is 0 Å². The minimum atomic E-state index is -0.274. The third kappa shape index (κ3) is 2.78. The van der Waals surface area contributed by atoms with Crippen LogP contribution < -0.4 is 0 Å². The number of nitrogens with zero attached hydrogens (tertiary/aromatic N) is 3. The zero-order chi connectivity index (χ0) is 17.3. The first-order valence-corrected chi connectivity index (χ1v) is 8.83. The van der Waals surface area contributed by atoms with Gasteiger partial charge in [-0.2, -0.15) is 0 Å². The first kappa shape index (κ1) is 16.5. The van der Waals surface area contributed by atoms with Gasteiger partial charge in [0.15, 0.2) is 0 Å². The Morgan fingerprint density at radius 2 is 2.04 bits per heavy atom. The summed E-state index contributed by atoms with van der Waals surface area (Å²) in [6.45, 7) is 7.06. The van der Waals surface area contributed by atoms with E-state index in [9.17, 15) is 9.59 Å². The lowest BCUT2D eigenvalue weighted by molar-refractivity contribution is 0.0777. The quantitative estimate of drug-likeness (QED) is 0.858. The van der Waals surface area contributed by atoms with Crippen molar-refractivity contribution in [1.82, 2.24) is 9.88 Å². The van der Waals surface area contributed by atoms with Crippen molar-refractivity contribution < 1.29 is 9.59 Å². The summed E-state index contributed by atoms with van der Waals surface area (Å²) in [6.07, 6.45) is 2.22. The van der Waals surface area contributed by atoms with E-state index in [0.29, 0.717) is 41.4 Å². The van der Waals surface area contributed by atoms with Crippen LogP contribution in [0.15, 0.2) is 29.4 Å². The molecule has 3 rings (SSSR count). The van der Waals surface area contributed by atoms with E-state index in [1.165, 1.54) is 11.3 Å². The molecule has 1 aliphatic rings. The molecule has 0 aliphatic carbocycles. The number of fused-ring (bicyclic) bond motifs is 1. The monoisotopic (exact) mass is 341 g/mol. The molecule has 24 heavy (non-hydrogen) atoms. The Kier molecular flexibility index (Phi) is 4.57. The lowest BCUT2D eigenvalue weighted by Crippen LogP contribution is -2.30. The number of amides is 2. The maximum absolute atomic E-state index is 12.7. The van der Waals surface area contributed by atoms with Gasteiger partial charge in [0.1, 0.15) is 0 Å². The van der Waals surface area contributed by atoms with E-state index in [1.54, 1.807) is 11.1 Å². The smallest absolute Gasteiger partial charge is 0.278 e. The van der Waals surface area contributed by atoms with Gasteiger partial charge < -0.3 is 4.90 Å². The molecule has 0 aromatic carbocycles. The van der Waals surface area contributed by atoms with Crippen molar-refractivity contribution in [3.8, 4) is 0 Å². The lowest BCUT2D eigenvalue weighted by atomic mass is 10.0. The van der Waals surface area contributed by atoms with Crippen LogP contribution in [0.3, 0.4) is 0 Å². The highest BCUT2D eigenvalue weighted by Gasteiger charge is 2.30. The molecule has 6 heteroatoms. The predicted molar refractivity (Wildman–Crippen MR) is 95.1 cm³/mol. The number of hydrogen-bond donors (Lipinski definition) is 0. The normalized spacial score (nSPS) is 13.5. The molecule has 0 saturated heterocycles. The third-order valence-electron chi connectivity index (χ3n) is 4.20. The Balaban J connectivity index is 1.98. The molecule has 0 spiro atoms. The maximum Gasteiger partial charge on any atom is 0.278 e. The molecule has 3 heterocycles. The van der Waals surface area contributed by atoms with Crippen molar-refractivity contribution in [2.45, 2.75) is 27.2 Å². The summed E-state index contributed by atoms with van der Waals surface area (Å²) in [4.78, 5) is 37.0. The molecule has 0 radical (unpaired) electrons. The topological polar surface area (TPSA) is 62.6 Å². The maximum atomic E-state index is 12.7. The van der Waals surface area contributed by atoms with Gasteiger partial charge in [-0.25, -0.2) is 4.99 Å². The van der Waals surface area contributed by atoms with Crippen LogP contribution in [-0.2, 0) is 6.42 Å². The number of pyridine rings is 1. The highest BCUT2D eigenvalue weighted by molar-refractivity contribution is 7.14. The summed E-state index contributed by atoms with van der Waals surface area (Å²) < 4.78 is 0. The van der Waals surface area contributed by atoms with Crippen LogP contribution in [-0.4, -0.2) is 40.5 Å². The summed E-state index contributed by atoms with van der Waals surface area (Å²) in [6, 6.07) is 5.55. The van der Waals surface area contributed by atoms with Gasteiger partial charge in [0.25, 0.3) is 11.8 Å². The van der Waals surface area contributed by atoms with E-state index in [0.717, 1.165) is 10.4 Å². The molecule has 0 unspecified atom stereocenters. The van der Waals surface area contributed by atoms with Crippen LogP contribution in [0.1, 0.15) is 50.0 Å². The fourth-order valence-corrected chi connectivity index (χ4v) is 4.16. The third-order valence-corrected chi connectivity index (χ3v) is 5.48. The van der Waals surface area contributed by atoms with Gasteiger partial charge in [-0.1, -0.05) is 6.07 Å². The molecule has 2 aromatic rings. The molecular formula is C18H19N3O2S. The van der Waals surface area contributed by atoms with Gasteiger partial charge in [0, 0.05) is 30.6 Å². The van der Waals surface area contributed by atoms with Crippen molar-refractivity contribution in [2.75, 3.05) is 13.1 Å². The highest BCUT2D eigenvalue weighted by atomic mass is 32.1. The molecule has 0 bridgehead atoms. The Labute approximate surface area is 145 Å². The van der Waals surface area contributed by atoms with Crippen LogP contribution in [0, 0.1) is 6.92 Å². The fraction of sp³-hybridized carbons (Fsp3) is 0.333. The summed E-state index contributed by atoms with van der Waals surface area (Å²) in [5, 5.41) is 0. The molecule has 0 fully saturated rings. The number of rotatable bonds is 4. The Hall–Kier alpha value is -2.34. The molecule has 5 nitrogen and oxygen atoms in total. The van der Waals surface area contributed by atoms with Crippen molar-refractivity contribution in [3.63, 3.8) is 0 Å². The van der Waals surface area contributed by atoms with E-state index in [4.69, 9.17) is 0 Å². The average Bonchev–Trinajstić information content (AvgIpc) is 2.94. The number of hydrogen-bond acceptors (Lipinski definition) is 4. The standard InChI is InChI=1S/C18H19N3O2S/c1-4-21(5-2)18(23)16-11(3)15-14(24-16)10-13(20-17(15)22)12-8-6-7-9-19-12/h6-9H,4-5,10H2,1-3H3. The first-order chi connectivity index (χ1) is 11.6. The van der Waals surface area contributed by atoms with Gasteiger partial charge in [-0.3, -0.25) is 14.6 Å². The minimum Gasteiger partial charge on any atom is -0.339 e. The van der Waals surface area contributed by atoms with Gasteiger partial charge in [0.05, 0.1) is 21.8 Å². The molecule has 0 atom stereocenters. The molecular weight excluding hydrogens is 322 g/mol. The highest BCUT2D eigenvalue weighted by Crippen LogP contribution is 2.33. The number of carbonyl (C=O) groups excluding carboxylic acids is 2. The van der Waals surface area contributed by atoms with Crippen molar-refractivity contribution >= 4 is 28.9 Å².